The van der Waals surface area contributed by atoms with Crippen LogP contribution in [0.3, 0.4) is 0 Å². The summed E-state index contributed by atoms with van der Waals surface area (Å²) in [4.78, 5) is 4.69. The Kier molecular flexibility index (Phi) is 3.18. The molecule has 0 bridgehead atoms. The second kappa shape index (κ2) is 4.38. The van der Waals surface area contributed by atoms with Crippen molar-refractivity contribution in [1.82, 2.24) is 14.6 Å². The minimum absolute atomic E-state index is 0.367. The number of aryl methyl sites for hydroxylation is 2. The van der Waals surface area contributed by atoms with Gasteiger partial charge in [-0.2, -0.15) is 5.10 Å². The van der Waals surface area contributed by atoms with Crippen molar-refractivity contribution in [2.45, 2.75) is 60.3 Å². The van der Waals surface area contributed by atoms with E-state index in [2.05, 4.69) is 58.5 Å². The molecule has 0 aliphatic rings. The fourth-order valence-electron chi connectivity index (χ4n) is 2.66. The molecule has 0 radical (unpaired) electrons. The van der Waals surface area contributed by atoms with Gasteiger partial charge in [-0.15, -0.1) is 0 Å². The van der Waals surface area contributed by atoms with Gasteiger partial charge in [0.15, 0.2) is 11.5 Å². The number of rotatable bonds is 2. The second-order valence-corrected chi connectivity index (χ2v) is 5.76. The highest BCUT2D eigenvalue weighted by atomic mass is 15.3. The van der Waals surface area contributed by atoms with Crippen LogP contribution in [0, 0.1) is 20.8 Å². The molecule has 0 fully saturated rings. The van der Waals surface area contributed by atoms with E-state index in [1.54, 1.807) is 0 Å². The van der Waals surface area contributed by atoms with Crippen molar-refractivity contribution in [2.24, 2.45) is 0 Å². The normalized spacial score (nSPS) is 12.1. The van der Waals surface area contributed by atoms with Gasteiger partial charge >= 0.3 is 0 Å². The summed E-state index contributed by atoms with van der Waals surface area (Å²) in [5.74, 6) is 1.81. The van der Waals surface area contributed by atoms with Gasteiger partial charge in [-0.1, -0.05) is 27.7 Å². The highest BCUT2D eigenvalue weighted by Gasteiger charge is 2.18. The average Bonchev–Trinajstić information content (AvgIpc) is 2.71. The minimum atomic E-state index is 0.367. The molecule has 2 heterocycles. The third-order valence-electron chi connectivity index (χ3n) is 3.73. The first-order chi connectivity index (χ1) is 8.34. The lowest BCUT2D eigenvalue weighted by Gasteiger charge is -2.16. The monoisotopic (exact) mass is 245 g/mol. The highest BCUT2D eigenvalue weighted by molar-refractivity contribution is 5.55. The molecule has 2 aromatic rings. The minimum Gasteiger partial charge on any atom is -0.217 e. The number of aromatic nitrogens is 3. The molecule has 0 saturated carbocycles. The molecular formula is C15H23N3. The quantitative estimate of drug-likeness (QED) is 0.803. The number of hydrogen-bond donors (Lipinski definition) is 0. The Morgan fingerprint density at radius 3 is 2.00 bits per heavy atom. The summed E-state index contributed by atoms with van der Waals surface area (Å²) < 4.78 is 2.02. The Hall–Kier alpha value is -1.38. The summed E-state index contributed by atoms with van der Waals surface area (Å²) in [6.07, 6.45) is 0. The number of nitrogens with zero attached hydrogens (tertiary/aromatic N) is 3. The Labute approximate surface area is 109 Å². The van der Waals surface area contributed by atoms with E-state index in [0.29, 0.717) is 11.8 Å². The van der Waals surface area contributed by atoms with Gasteiger partial charge in [0.25, 0.3) is 0 Å². The lowest BCUT2D eigenvalue weighted by Crippen LogP contribution is -2.07. The third kappa shape index (κ3) is 1.82. The maximum atomic E-state index is 4.69. The van der Waals surface area contributed by atoms with Crippen LogP contribution in [0.5, 0.6) is 0 Å². The van der Waals surface area contributed by atoms with E-state index in [-0.39, 0.29) is 0 Å². The Morgan fingerprint density at radius 2 is 1.50 bits per heavy atom. The molecule has 18 heavy (non-hydrogen) atoms. The molecule has 0 N–H and O–H groups in total. The molecule has 2 rings (SSSR count). The Bertz CT molecular complexity index is 592. The largest absolute Gasteiger partial charge is 0.217 e. The van der Waals surface area contributed by atoms with Crippen LogP contribution in [-0.2, 0) is 0 Å². The second-order valence-electron chi connectivity index (χ2n) is 5.76. The molecule has 0 aromatic carbocycles. The van der Waals surface area contributed by atoms with Crippen LogP contribution in [-0.4, -0.2) is 14.6 Å². The van der Waals surface area contributed by atoms with E-state index in [9.17, 15) is 0 Å². The van der Waals surface area contributed by atoms with Crippen molar-refractivity contribution in [2.75, 3.05) is 0 Å². The Balaban J connectivity index is 2.85. The van der Waals surface area contributed by atoms with Crippen LogP contribution in [0.25, 0.3) is 5.65 Å². The summed E-state index contributed by atoms with van der Waals surface area (Å²) >= 11 is 0. The molecular weight excluding hydrogens is 222 g/mol. The molecule has 0 aliphatic carbocycles. The maximum Gasteiger partial charge on any atom is 0.159 e. The van der Waals surface area contributed by atoms with Gasteiger partial charge in [0, 0.05) is 11.6 Å². The lowest BCUT2D eigenvalue weighted by molar-refractivity contribution is 0.745. The molecule has 0 aliphatic heterocycles. The van der Waals surface area contributed by atoms with Crippen molar-refractivity contribution in [3.63, 3.8) is 0 Å². The third-order valence-corrected chi connectivity index (χ3v) is 3.73. The van der Waals surface area contributed by atoms with E-state index >= 15 is 0 Å². The predicted octanol–water partition coefficient (Wildman–Crippen LogP) is 3.90. The van der Waals surface area contributed by atoms with Crippen molar-refractivity contribution in [1.29, 1.82) is 0 Å². The van der Waals surface area contributed by atoms with E-state index in [4.69, 9.17) is 0 Å². The van der Waals surface area contributed by atoms with Crippen LogP contribution in [0.15, 0.2) is 0 Å². The topological polar surface area (TPSA) is 30.2 Å². The summed E-state index contributed by atoms with van der Waals surface area (Å²) in [5, 5.41) is 4.66. The summed E-state index contributed by atoms with van der Waals surface area (Å²) in [7, 11) is 0. The van der Waals surface area contributed by atoms with Crippen LogP contribution in [0.2, 0.25) is 0 Å². The first kappa shape index (κ1) is 13.1. The first-order valence-corrected chi connectivity index (χ1v) is 6.70. The molecule has 0 saturated heterocycles. The van der Waals surface area contributed by atoms with Crippen LogP contribution in [0.1, 0.15) is 67.7 Å². The average molecular weight is 245 g/mol. The van der Waals surface area contributed by atoms with Gasteiger partial charge in [0.1, 0.15) is 0 Å². The summed E-state index contributed by atoms with van der Waals surface area (Å²) in [6, 6.07) is 0. The molecule has 3 heteroatoms. The van der Waals surface area contributed by atoms with Gasteiger partial charge in [0.2, 0.25) is 0 Å². The van der Waals surface area contributed by atoms with Gasteiger partial charge in [-0.25, -0.2) is 9.50 Å². The van der Waals surface area contributed by atoms with E-state index in [1.165, 1.54) is 22.4 Å². The fraction of sp³-hybridized carbons (Fsp3) is 0.600. The number of pyridine rings is 1. The zero-order valence-electron chi connectivity index (χ0n) is 12.5. The molecule has 0 amide bonds. The number of hydrogen-bond acceptors (Lipinski definition) is 2. The zero-order chi connectivity index (χ0) is 13.6. The van der Waals surface area contributed by atoms with Gasteiger partial charge in [-0.3, -0.25) is 0 Å². The van der Waals surface area contributed by atoms with E-state index in [1.807, 2.05) is 4.52 Å². The number of fused-ring (bicyclic) bond motifs is 1. The van der Waals surface area contributed by atoms with Crippen LogP contribution >= 0.6 is 0 Å². The van der Waals surface area contributed by atoms with E-state index in [0.717, 1.165) is 11.5 Å². The molecule has 0 unspecified atom stereocenters. The van der Waals surface area contributed by atoms with Gasteiger partial charge in [0.05, 0.1) is 0 Å². The highest BCUT2D eigenvalue weighted by Crippen LogP contribution is 2.28. The smallest absolute Gasteiger partial charge is 0.159 e. The molecule has 2 aromatic heterocycles. The standard InChI is InChI=1S/C15H23N3/c1-8(2)13-10(5)11(6)15-16-14(9(3)4)17-18(15)12(13)7/h8-9H,1-7H3. The van der Waals surface area contributed by atoms with Crippen LogP contribution in [0.4, 0.5) is 0 Å². The van der Waals surface area contributed by atoms with Crippen molar-refractivity contribution < 1.29 is 0 Å². The lowest BCUT2D eigenvalue weighted by atomic mass is 9.94. The fourth-order valence-corrected chi connectivity index (χ4v) is 2.66. The first-order valence-electron chi connectivity index (χ1n) is 6.70. The maximum absolute atomic E-state index is 4.69. The molecule has 0 spiro atoms. The van der Waals surface area contributed by atoms with Crippen LogP contribution < -0.4 is 0 Å². The predicted molar refractivity (Wildman–Crippen MR) is 75.4 cm³/mol. The summed E-state index contributed by atoms with van der Waals surface area (Å²) in [6.45, 7) is 15.2. The van der Waals surface area contributed by atoms with Crippen molar-refractivity contribution in [3.8, 4) is 0 Å². The van der Waals surface area contributed by atoms with E-state index < -0.39 is 0 Å². The molecule has 3 nitrogen and oxygen atoms in total. The van der Waals surface area contributed by atoms with Crippen molar-refractivity contribution >= 4 is 5.65 Å². The molecule has 98 valence electrons. The molecule has 0 atom stereocenters. The Morgan fingerprint density at radius 1 is 0.889 bits per heavy atom. The SMILES string of the molecule is Cc1c(C(C)C)c(C)n2nc(C(C)C)nc2c1C. The van der Waals surface area contributed by atoms with Crippen molar-refractivity contribution in [3.05, 3.63) is 28.2 Å². The zero-order valence-corrected chi connectivity index (χ0v) is 12.5. The van der Waals surface area contributed by atoms with Gasteiger partial charge < -0.3 is 0 Å². The van der Waals surface area contributed by atoms with Gasteiger partial charge in [-0.05, 0) is 43.4 Å². The summed E-state index contributed by atoms with van der Waals surface area (Å²) in [5.41, 5.74) is 6.25.